The Balaban J connectivity index is 1.72. The number of nitrogens with one attached hydrogen (secondary N) is 2. The molecule has 0 saturated carbocycles. The molecule has 2 aromatic carbocycles. The van der Waals surface area contributed by atoms with E-state index in [2.05, 4.69) is 10.6 Å². The number of carbonyl (C=O) groups excluding carboxylic acids is 1. The summed E-state index contributed by atoms with van der Waals surface area (Å²) in [5, 5.41) is 5.60. The van der Waals surface area contributed by atoms with Gasteiger partial charge in [-0.05, 0) is 42.2 Å². The normalized spacial score (nSPS) is 10.2. The van der Waals surface area contributed by atoms with Crippen LogP contribution in [0.15, 0.2) is 48.5 Å². The summed E-state index contributed by atoms with van der Waals surface area (Å²) < 4.78 is 13.0. The zero-order valence-corrected chi connectivity index (χ0v) is 12.0. The molecule has 2 N–H and O–H groups in total. The first kappa shape index (κ1) is 15.0. The predicted molar refractivity (Wildman–Crippen MR) is 81.5 cm³/mol. The van der Waals surface area contributed by atoms with Gasteiger partial charge in [0.25, 0.3) is 0 Å². The number of hydrogen-bond donors (Lipinski definition) is 2. The number of halogens is 1. The summed E-state index contributed by atoms with van der Waals surface area (Å²) in [6.07, 6.45) is 0.685. The lowest BCUT2D eigenvalue weighted by Crippen LogP contribution is -2.36. The summed E-state index contributed by atoms with van der Waals surface area (Å²) in [6.45, 7) is 2.89. The van der Waals surface area contributed by atoms with Crippen LogP contribution in [0.2, 0.25) is 0 Å². The van der Waals surface area contributed by atoms with Gasteiger partial charge in [0.1, 0.15) is 5.82 Å². The average Bonchev–Trinajstić information content (AvgIpc) is 2.48. The summed E-state index contributed by atoms with van der Waals surface area (Å²) in [5.74, 6) is -0.232. The van der Waals surface area contributed by atoms with Crippen molar-refractivity contribution in [2.75, 3.05) is 6.54 Å². The Labute approximate surface area is 124 Å². The minimum atomic E-state index is -0.232. The number of amides is 2. The molecular weight excluding hydrogens is 267 g/mol. The van der Waals surface area contributed by atoms with Crippen LogP contribution in [0.1, 0.15) is 16.7 Å². The van der Waals surface area contributed by atoms with E-state index >= 15 is 0 Å². The zero-order chi connectivity index (χ0) is 15.1. The summed E-state index contributed by atoms with van der Waals surface area (Å²) in [6, 6.07) is 14.2. The van der Waals surface area contributed by atoms with Crippen LogP contribution in [0, 0.1) is 12.7 Å². The molecular formula is C17H19FN2O. The molecule has 0 aliphatic heterocycles. The SMILES string of the molecule is Cc1cc(F)ccc1CCNC(=O)NCc1ccccc1. The van der Waals surface area contributed by atoms with E-state index < -0.39 is 0 Å². The van der Waals surface area contributed by atoms with Gasteiger partial charge in [-0.2, -0.15) is 0 Å². The minimum absolute atomic E-state index is 0.196. The molecule has 2 amide bonds. The highest BCUT2D eigenvalue weighted by Gasteiger charge is 2.02. The number of carbonyl (C=O) groups is 1. The number of hydrogen-bond acceptors (Lipinski definition) is 1. The van der Waals surface area contributed by atoms with Crippen molar-refractivity contribution >= 4 is 6.03 Å². The van der Waals surface area contributed by atoms with Crippen LogP contribution in [-0.2, 0) is 13.0 Å². The maximum absolute atomic E-state index is 13.0. The molecule has 3 nitrogen and oxygen atoms in total. The molecule has 0 fully saturated rings. The molecule has 0 bridgehead atoms. The Kier molecular flexibility index (Phi) is 5.32. The van der Waals surface area contributed by atoms with Crippen molar-refractivity contribution in [3.05, 3.63) is 71.0 Å². The topological polar surface area (TPSA) is 41.1 Å². The summed E-state index contributed by atoms with van der Waals surface area (Å²) in [4.78, 5) is 11.7. The van der Waals surface area contributed by atoms with Gasteiger partial charge in [0.2, 0.25) is 0 Å². The van der Waals surface area contributed by atoms with E-state index in [1.807, 2.05) is 37.3 Å². The molecule has 0 heterocycles. The highest BCUT2D eigenvalue weighted by molar-refractivity contribution is 5.73. The Morgan fingerprint density at radius 1 is 1.10 bits per heavy atom. The summed E-state index contributed by atoms with van der Waals surface area (Å²) in [5.41, 5.74) is 3.00. The highest BCUT2D eigenvalue weighted by Crippen LogP contribution is 2.10. The fourth-order valence-corrected chi connectivity index (χ4v) is 2.09. The quantitative estimate of drug-likeness (QED) is 0.871. The smallest absolute Gasteiger partial charge is 0.315 e. The van der Waals surface area contributed by atoms with Gasteiger partial charge in [0.15, 0.2) is 0 Å². The second-order valence-corrected chi connectivity index (χ2v) is 4.92. The summed E-state index contributed by atoms with van der Waals surface area (Å²) >= 11 is 0. The van der Waals surface area contributed by atoms with Gasteiger partial charge in [-0.25, -0.2) is 9.18 Å². The van der Waals surface area contributed by atoms with E-state index in [4.69, 9.17) is 0 Å². The largest absolute Gasteiger partial charge is 0.338 e. The van der Waals surface area contributed by atoms with Gasteiger partial charge in [0, 0.05) is 13.1 Å². The van der Waals surface area contributed by atoms with E-state index in [0.717, 1.165) is 16.7 Å². The van der Waals surface area contributed by atoms with Crippen molar-refractivity contribution in [1.29, 1.82) is 0 Å². The molecule has 0 atom stereocenters. The van der Waals surface area contributed by atoms with E-state index in [1.165, 1.54) is 12.1 Å². The van der Waals surface area contributed by atoms with Crippen LogP contribution in [0.5, 0.6) is 0 Å². The van der Waals surface area contributed by atoms with Crippen LogP contribution < -0.4 is 10.6 Å². The Morgan fingerprint density at radius 2 is 1.86 bits per heavy atom. The number of benzene rings is 2. The van der Waals surface area contributed by atoms with E-state index in [1.54, 1.807) is 6.07 Å². The van der Waals surface area contributed by atoms with Crippen molar-refractivity contribution in [3.8, 4) is 0 Å². The van der Waals surface area contributed by atoms with Crippen LogP contribution in [-0.4, -0.2) is 12.6 Å². The lowest BCUT2D eigenvalue weighted by atomic mass is 10.1. The molecule has 21 heavy (non-hydrogen) atoms. The second kappa shape index (κ2) is 7.43. The minimum Gasteiger partial charge on any atom is -0.338 e. The third-order valence-corrected chi connectivity index (χ3v) is 3.28. The van der Waals surface area contributed by atoms with Gasteiger partial charge < -0.3 is 10.6 Å². The van der Waals surface area contributed by atoms with E-state index in [9.17, 15) is 9.18 Å². The molecule has 110 valence electrons. The molecule has 0 aromatic heterocycles. The fourth-order valence-electron chi connectivity index (χ4n) is 2.09. The van der Waals surface area contributed by atoms with Gasteiger partial charge in [0.05, 0.1) is 0 Å². The Bertz CT molecular complexity index is 599. The van der Waals surface area contributed by atoms with E-state index in [0.29, 0.717) is 19.5 Å². The lowest BCUT2D eigenvalue weighted by Gasteiger charge is -2.09. The molecule has 0 saturated heterocycles. The third-order valence-electron chi connectivity index (χ3n) is 3.28. The van der Waals surface area contributed by atoms with Gasteiger partial charge in [-0.15, -0.1) is 0 Å². The molecule has 0 radical (unpaired) electrons. The van der Waals surface area contributed by atoms with Crippen molar-refractivity contribution in [1.82, 2.24) is 10.6 Å². The number of aryl methyl sites for hydroxylation is 1. The number of rotatable bonds is 5. The Morgan fingerprint density at radius 3 is 2.57 bits per heavy atom. The highest BCUT2D eigenvalue weighted by atomic mass is 19.1. The first-order valence-electron chi connectivity index (χ1n) is 6.96. The van der Waals surface area contributed by atoms with Crippen LogP contribution >= 0.6 is 0 Å². The number of urea groups is 1. The maximum Gasteiger partial charge on any atom is 0.315 e. The Hall–Kier alpha value is -2.36. The monoisotopic (exact) mass is 286 g/mol. The van der Waals surface area contributed by atoms with E-state index in [-0.39, 0.29) is 11.8 Å². The predicted octanol–water partition coefficient (Wildman–Crippen LogP) is 3.18. The van der Waals surface area contributed by atoms with Crippen LogP contribution in [0.4, 0.5) is 9.18 Å². The van der Waals surface area contributed by atoms with Gasteiger partial charge >= 0.3 is 6.03 Å². The fraction of sp³-hybridized carbons (Fsp3) is 0.235. The third kappa shape index (κ3) is 4.91. The van der Waals surface area contributed by atoms with Crippen molar-refractivity contribution in [3.63, 3.8) is 0 Å². The average molecular weight is 286 g/mol. The standard InChI is InChI=1S/C17H19FN2O/c1-13-11-16(18)8-7-15(13)9-10-19-17(21)20-12-14-5-3-2-4-6-14/h2-8,11H,9-10,12H2,1H3,(H2,19,20,21). The molecule has 0 aliphatic rings. The molecule has 0 spiro atoms. The summed E-state index contributed by atoms with van der Waals surface area (Å²) in [7, 11) is 0. The molecule has 0 aliphatic carbocycles. The lowest BCUT2D eigenvalue weighted by molar-refractivity contribution is 0.240. The first-order valence-corrected chi connectivity index (χ1v) is 6.96. The van der Waals surface area contributed by atoms with Crippen molar-refractivity contribution < 1.29 is 9.18 Å². The van der Waals surface area contributed by atoms with Gasteiger partial charge in [-0.1, -0.05) is 36.4 Å². The van der Waals surface area contributed by atoms with Crippen molar-refractivity contribution in [2.24, 2.45) is 0 Å². The molecule has 2 rings (SSSR count). The maximum atomic E-state index is 13.0. The van der Waals surface area contributed by atoms with Gasteiger partial charge in [-0.3, -0.25) is 0 Å². The van der Waals surface area contributed by atoms with Crippen LogP contribution in [0.25, 0.3) is 0 Å². The van der Waals surface area contributed by atoms with Crippen LogP contribution in [0.3, 0.4) is 0 Å². The first-order chi connectivity index (χ1) is 10.1. The second-order valence-electron chi connectivity index (χ2n) is 4.92. The molecule has 4 heteroatoms. The zero-order valence-electron chi connectivity index (χ0n) is 12.0. The molecule has 2 aromatic rings. The molecule has 0 unspecified atom stereocenters. The van der Waals surface area contributed by atoms with Crippen molar-refractivity contribution in [2.45, 2.75) is 19.9 Å².